The predicted octanol–water partition coefficient (Wildman–Crippen LogP) is 4.94. The van der Waals surface area contributed by atoms with Gasteiger partial charge in [-0.3, -0.25) is 9.89 Å². The summed E-state index contributed by atoms with van der Waals surface area (Å²) in [7, 11) is -4.06. The average molecular weight is 549 g/mol. The summed E-state index contributed by atoms with van der Waals surface area (Å²) in [6.07, 6.45) is -0.804. The van der Waals surface area contributed by atoms with Crippen molar-refractivity contribution in [3.8, 4) is 0 Å². The molecule has 0 amide bonds. The van der Waals surface area contributed by atoms with Crippen LogP contribution in [0, 0.1) is 0 Å². The summed E-state index contributed by atoms with van der Waals surface area (Å²) in [5.74, 6) is -0.756. The molecular weight excluding hydrogens is 521 g/mol. The van der Waals surface area contributed by atoms with Crippen molar-refractivity contribution in [3.05, 3.63) is 77.1 Å². The van der Waals surface area contributed by atoms with Crippen LogP contribution in [0.3, 0.4) is 0 Å². The van der Waals surface area contributed by atoms with Gasteiger partial charge in [0.2, 0.25) is 10.0 Å². The van der Waals surface area contributed by atoms with E-state index in [2.05, 4.69) is 15.5 Å². The summed E-state index contributed by atoms with van der Waals surface area (Å²) in [4.78, 5) is 10.5. The first-order chi connectivity index (χ1) is 18.0. The number of nitrogens with one attached hydrogen (secondary N) is 2. The van der Waals surface area contributed by atoms with Crippen LogP contribution < -0.4 is 5.32 Å². The molecule has 5 rings (SSSR count). The van der Waals surface area contributed by atoms with Crippen molar-refractivity contribution in [1.82, 2.24) is 14.5 Å². The van der Waals surface area contributed by atoms with Crippen molar-refractivity contribution in [3.63, 3.8) is 0 Å². The third-order valence-electron chi connectivity index (χ3n) is 7.32. The van der Waals surface area contributed by atoms with Gasteiger partial charge in [0.15, 0.2) is 0 Å². The summed E-state index contributed by atoms with van der Waals surface area (Å²) in [6.45, 7) is 0.541. The molecule has 0 saturated carbocycles. The van der Waals surface area contributed by atoms with Crippen LogP contribution in [0.25, 0.3) is 0 Å². The number of fused-ring (bicyclic) bond motifs is 4. The highest BCUT2D eigenvalue weighted by Gasteiger charge is 2.48. The number of nitrogens with zero attached hydrogens (tertiary/aromatic N) is 2. The van der Waals surface area contributed by atoms with E-state index >= 15 is 0 Å². The Kier molecular flexibility index (Phi) is 6.95. The number of carbonyl (C=O) groups is 1. The van der Waals surface area contributed by atoms with Gasteiger partial charge in [-0.05, 0) is 67.1 Å². The minimum absolute atomic E-state index is 0.0770. The van der Waals surface area contributed by atoms with Gasteiger partial charge in [0.05, 0.1) is 22.7 Å². The van der Waals surface area contributed by atoms with Gasteiger partial charge in [0, 0.05) is 42.4 Å². The van der Waals surface area contributed by atoms with Crippen molar-refractivity contribution < 1.29 is 31.5 Å². The first-order valence-corrected chi connectivity index (χ1v) is 13.8. The van der Waals surface area contributed by atoms with Gasteiger partial charge >= 0.3 is 12.1 Å². The maximum atomic E-state index is 13.7. The van der Waals surface area contributed by atoms with E-state index in [4.69, 9.17) is 5.11 Å². The summed E-state index contributed by atoms with van der Waals surface area (Å²) in [5, 5.41) is 19.1. The molecule has 0 spiro atoms. The van der Waals surface area contributed by atoms with Crippen molar-refractivity contribution in [2.45, 2.75) is 61.2 Å². The second-order valence-corrected chi connectivity index (χ2v) is 11.6. The van der Waals surface area contributed by atoms with E-state index < -0.39 is 33.8 Å². The number of aromatic amines is 1. The van der Waals surface area contributed by atoms with Crippen LogP contribution in [-0.4, -0.2) is 46.6 Å². The molecule has 8 nitrogen and oxygen atoms in total. The molecule has 3 heterocycles. The second kappa shape index (κ2) is 10.1. The number of hydrogen-bond donors (Lipinski definition) is 3. The van der Waals surface area contributed by atoms with E-state index in [1.165, 1.54) is 4.31 Å². The fourth-order valence-electron chi connectivity index (χ4n) is 5.52. The van der Waals surface area contributed by atoms with E-state index in [-0.39, 0.29) is 23.3 Å². The van der Waals surface area contributed by atoms with Gasteiger partial charge in [-0.2, -0.15) is 22.6 Å². The number of halogens is 3. The fourth-order valence-corrected chi connectivity index (χ4v) is 7.33. The summed E-state index contributed by atoms with van der Waals surface area (Å²) in [5.41, 5.74) is 2.72. The van der Waals surface area contributed by atoms with Gasteiger partial charge in [0.1, 0.15) is 0 Å². The smallest absolute Gasteiger partial charge is 0.416 e. The van der Waals surface area contributed by atoms with Crippen LogP contribution in [0.4, 0.5) is 18.9 Å². The molecule has 1 aromatic heterocycles. The van der Waals surface area contributed by atoms with Crippen LogP contribution in [0.15, 0.2) is 59.6 Å². The van der Waals surface area contributed by atoms with Gasteiger partial charge < -0.3 is 10.4 Å². The molecule has 1 fully saturated rings. The number of piperidine rings is 1. The number of aromatic nitrogens is 2. The second-order valence-electron chi connectivity index (χ2n) is 9.75. The lowest BCUT2D eigenvalue weighted by Gasteiger charge is -2.47. The van der Waals surface area contributed by atoms with Crippen molar-refractivity contribution in [1.29, 1.82) is 0 Å². The highest BCUT2D eigenvalue weighted by atomic mass is 32.2. The average Bonchev–Trinajstić information content (AvgIpc) is 3.34. The monoisotopic (exact) mass is 548 g/mol. The van der Waals surface area contributed by atoms with Crippen LogP contribution >= 0.6 is 0 Å². The van der Waals surface area contributed by atoms with Crippen molar-refractivity contribution in [2.75, 3.05) is 11.9 Å². The molecule has 0 radical (unpaired) electrons. The van der Waals surface area contributed by atoms with Crippen LogP contribution in [-0.2, 0) is 27.4 Å². The molecule has 38 heavy (non-hydrogen) atoms. The minimum atomic E-state index is -4.55. The summed E-state index contributed by atoms with van der Waals surface area (Å²) in [6, 6.07) is 10.6. The van der Waals surface area contributed by atoms with Crippen molar-refractivity contribution in [2.24, 2.45) is 0 Å². The van der Waals surface area contributed by atoms with Crippen LogP contribution in [0.2, 0.25) is 0 Å². The van der Waals surface area contributed by atoms with Crippen LogP contribution in [0.1, 0.15) is 60.0 Å². The number of aliphatic carboxylic acids is 1. The van der Waals surface area contributed by atoms with Gasteiger partial charge in [0.25, 0.3) is 0 Å². The van der Waals surface area contributed by atoms with E-state index in [0.717, 1.165) is 46.8 Å². The Morgan fingerprint density at radius 3 is 2.47 bits per heavy atom. The Labute approximate surface area is 217 Å². The van der Waals surface area contributed by atoms with Gasteiger partial charge in [-0.1, -0.05) is 12.1 Å². The zero-order valence-corrected chi connectivity index (χ0v) is 21.1. The first kappa shape index (κ1) is 26.2. The molecule has 1 saturated heterocycles. The predicted molar refractivity (Wildman–Crippen MR) is 133 cm³/mol. The topological polar surface area (TPSA) is 115 Å². The summed E-state index contributed by atoms with van der Waals surface area (Å²) < 4.78 is 68.0. The SMILES string of the molecule is O=C(O)CCCNc1ccc(C2CC3Cc4[nH]ncc4C(C2)N3S(=O)(=O)c2ccc(C(F)(F)F)cc2)cc1. The number of anilines is 1. The van der Waals surface area contributed by atoms with E-state index in [9.17, 15) is 26.4 Å². The van der Waals surface area contributed by atoms with Crippen LogP contribution in [0.5, 0.6) is 0 Å². The maximum absolute atomic E-state index is 13.7. The summed E-state index contributed by atoms with van der Waals surface area (Å²) >= 11 is 0. The molecule has 202 valence electrons. The Morgan fingerprint density at radius 1 is 1.11 bits per heavy atom. The Balaban J connectivity index is 1.37. The molecule has 2 aromatic carbocycles. The lowest BCUT2D eigenvalue weighted by atomic mass is 9.76. The molecule has 2 bridgehead atoms. The molecule has 12 heteroatoms. The largest absolute Gasteiger partial charge is 0.481 e. The third kappa shape index (κ3) is 5.14. The van der Waals surface area contributed by atoms with Gasteiger partial charge in [-0.25, -0.2) is 8.42 Å². The van der Waals surface area contributed by atoms with E-state index in [1.807, 2.05) is 24.3 Å². The quantitative estimate of drug-likeness (QED) is 0.344. The Hall–Kier alpha value is -3.38. The van der Waals surface area contributed by atoms with Gasteiger partial charge in [-0.15, -0.1) is 0 Å². The first-order valence-electron chi connectivity index (χ1n) is 12.3. The molecular formula is C26H27F3N4O4S. The minimum Gasteiger partial charge on any atom is -0.481 e. The normalized spacial score (nSPS) is 21.6. The number of carboxylic acid groups (broad SMARTS) is 1. The molecule has 0 aliphatic carbocycles. The zero-order valence-electron chi connectivity index (χ0n) is 20.3. The van der Waals surface area contributed by atoms with E-state index in [0.29, 0.717) is 32.2 Å². The van der Waals surface area contributed by atoms with Crippen molar-refractivity contribution >= 4 is 21.7 Å². The van der Waals surface area contributed by atoms with E-state index in [1.54, 1.807) is 6.20 Å². The molecule has 3 atom stereocenters. The maximum Gasteiger partial charge on any atom is 0.416 e. The third-order valence-corrected chi connectivity index (χ3v) is 9.29. The number of carboxylic acids is 1. The molecule has 3 N–H and O–H groups in total. The lowest BCUT2D eigenvalue weighted by molar-refractivity contribution is -0.138. The molecule has 2 aliphatic heterocycles. The number of hydrogen-bond acceptors (Lipinski definition) is 5. The molecule has 3 unspecified atom stereocenters. The standard InChI is InChI=1S/C26H27F3N4O4S/c27-26(28,29)18-5-9-21(10-6-18)38(36,37)33-20-12-17(13-24(33)22-15-31-32-23(22)14-20)16-3-7-19(8-4-16)30-11-1-2-25(34)35/h3-10,15,17,20,24,30H,1-2,11-14H2,(H,31,32)(H,34,35). The number of sulfonamides is 1. The Morgan fingerprint density at radius 2 is 1.82 bits per heavy atom. The number of alkyl halides is 3. The highest BCUT2D eigenvalue weighted by molar-refractivity contribution is 7.89. The zero-order chi connectivity index (χ0) is 27.1. The number of rotatable bonds is 8. The number of benzene rings is 2. The highest BCUT2D eigenvalue weighted by Crippen LogP contribution is 2.49. The molecule has 2 aliphatic rings. The lowest BCUT2D eigenvalue weighted by Crippen LogP contribution is -2.51. The Bertz CT molecular complexity index is 1410. The number of H-pyrrole nitrogens is 1. The fraction of sp³-hybridized carbons (Fsp3) is 0.385. The molecule has 3 aromatic rings.